The van der Waals surface area contributed by atoms with E-state index in [9.17, 15) is 19.1 Å². The number of benzene rings is 2. The van der Waals surface area contributed by atoms with Gasteiger partial charge in [0.05, 0.1) is 10.0 Å². The first-order valence-electron chi connectivity index (χ1n) is 7.26. The summed E-state index contributed by atoms with van der Waals surface area (Å²) < 4.78 is 13.1. The highest BCUT2D eigenvalue weighted by Crippen LogP contribution is 2.43. The van der Waals surface area contributed by atoms with Crippen LogP contribution in [0.5, 0.6) is 0 Å². The molecule has 0 spiro atoms. The van der Waals surface area contributed by atoms with Crippen LogP contribution in [0.2, 0.25) is 10.0 Å². The van der Waals surface area contributed by atoms with E-state index in [-0.39, 0.29) is 11.3 Å². The zero-order valence-electron chi connectivity index (χ0n) is 12.7. The fourth-order valence-electron chi connectivity index (χ4n) is 2.61. The van der Waals surface area contributed by atoms with Crippen molar-refractivity contribution < 1.29 is 19.1 Å². The molecule has 2 unspecified atom stereocenters. The topological polar surface area (TPSA) is 57.6 Å². The molecule has 1 fully saturated rings. The minimum atomic E-state index is -1.09. The third kappa shape index (κ3) is 3.61. The number of hydrogen-bond donors (Lipinski definition) is 1. The highest BCUT2D eigenvalue weighted by molar-refractivity contribution is 7.99. The molecular weight excluding hydrogens is 388 g/mol. The maximum absolute atomic E-state index is 13.1. The molecule has 1 aliphatic rings. The summed E-state index contributed by atoms with van der Waals surface area (Å²) in [5.74, 6) is -1.80. The molecule has 0 bridgehead atoms. The molecule has 1 aliphatic heterocycles. The van der Waals surface area contributed by atoms with E-state index in [0.717, 1.165) is 0 Å². The molecular formula is C17H12Cl2FNO3S. The number of nitrogens with zero attached hydrogens (tertiary/aromatic N) is 1. The van der Waals surface area contributed by atoms with Crippen molar-refractivity contribution in [2.45, 2.75) is 11.4 Å². The molecule has 2 atom stereocenters. The van der Waals surface area contributed by atoms with E-state index in [0.29, 0.717) is 15.6 Å². The largest absolute Gasteiger partial charge is 0.480 e. The van der Waals surface area contributed by atoms with Gasteiger partial charge < -0.3 is 10.0 Å². The Morgan fingerprint density at radius 3 is 2.40 bits per heavy atom. The molecule has 1 heterocycles. The van der Waals surface area contributed by atoms with Crippen molar-refractivity contribution >= 4 is 46.8 Å². The number of carbonyl (C=O) groups excluding carboxylic acids is 1. The van der Waals surface area contributed by atoms with E-state index >= 15 is 0 Å². The SMILES string of the molecule is O=C(O)C1CSC(c2ccc(Cl)c(Cl)c2)N1C(=O)c1ccc(F)cc1. The van der Waals surface area contributed by atoms with Gasteiger partial charge in [0.1, 0.15) is 17.2 Å². The lowest BCUT2D eigenvalue weighted by Crippen LogP contribution is -2.43. The number of aliphatic carboxylic acids is 1. The Labute approximate surface area is 157 Å². The number of halogens is 3. The van der Waals surface area contributed by atoms with Gasteiger partial charge in [-0.1, -0.05) is 29.3 Å². The highest BCUT2D eigenvalue weighted by atomic mass is 35.5. The summed E-state index contributed by atoms with van der Waals surface area (Å²) in [7, 11) is 0. The second-order valence-electron chi connectivity index (χ2n) is 5.43. The Hall–Kier alpha value is -1.76. The Morgan fingerprint density at radius 1 is 1.12 bits per heavy atom. The normalized spacial score (nSPS) is 19.9. The monoisotopic (exact) mass is 399 g/mol. The van der Waals surface area contributed by atoms with Gasteiger partial charge in [-0.05, 0) is 42.0 Å². The lowest BCUT2D eigenvalue weighted by molar-refractivity contribution is -0.141. The maximum Gasteiger partial charge on any atom is 0.327 e. The summed E-state index contributed by atoms with van der Waals surface area (Å²) in [6.07, 6.45) is 0. The first-order chi connectivity index (χ1) is 11.9. The summed E-state index contributed by atoms with van der Waals surface area (Å²) in [6, 6.07) is 8.96. The van der Waals surface area contributed by atoms with Crippen LogP contribution in [-0.4, -0.2) is 33.7 Å². The predicted octanol–water partition coefficient (Wildman–Crippen LogP) is 4.47. The zero-order valence-corrected chi connectivity index (χ0v) is 15.0. The first kappa shape index (κ1) is 18.0. The summed E-state index contributed by atoms with van der Waals surface area (Å²) in [5.41, 5.74) is 0.902. The number of amides is 1. The summed E-state index contributed by atoms with van der Waals surface area (Å²) in [4.78, 5) is 25.8. The van der Waals surface area contributed by atoms with E-state index in [1.54, 1.807) is 18.2 Å². The predicted molar refractivity (Wildman–Crippen MR) is 95.7 cm³/mol. The zero-order chi connectivity index (χ0) is 18.1. The lowest BCUT2D eigenvalue weighted by Gasteiger charge is -2.28. The minimum Gasteiger partial charge on any atom is -0.480 e. The Morgan fingerprint density at radius 2 is 1.80 bits per heavy atom. The molecule has 1 saturated heterocycles. The third-order valence-corrected chi connectivity index (χ3v) is 5.90. The van der Waals surface area contributed by atoms with E-state index < -0.39 is 29.1 Å². The van der Waals surface area contributed by atoms with Crippen LogP contribution in [0.15, 0.2) is 42.5 Å². The Balaban J connectivity index is 1.99. The molecule has 0 radical (unpaired) electrons. The quantitative estimate of drug-likeness (QED) is 0.826. The van der Waals surface area contributed by atoms with Crippen LogP contribution in [0.4, 0.5) is 4.39 Å². The van der Waals surface area contributed by atoms with E-state index in [2.05, 4.69) is 0 Å². The average Bonchev–Trinajstić information content (AvgIpc) is 3.02. The van der Waals surface area contributed by atoms with Crippen LogP contribution in [0.3, 0.4) is 0 Å². The van der Waals surface area contributed by atoms with Gasteiger partial charge in [0, 0.05) is 11.3 Å². The van der Waals surface area contributed by atoms with Gasteiger partial charge in [-0.3, -0.25) is 4.79 Å². The molecule has 130 valence electrons. The van der Waals surface area contributed by atoms with Crippen molar-refractivity contribution in [2.24, 2.45) is 0 Å². The number of thioether (sulfide) groups is 1. The van der Waals surface area contributed by atoms with Gasteiger partial charge >= 0.3 is 5.97 Å². The van der Waals surface area contributed by atoms with Crippen molar-refractivity contribution in [1.29, 1.82) is 0 Å². The van der Waals surface area contributed by atoms with Gasteiger partial charge in [0.25, 0.3) is 5.91 Å². The van der Waals surface area contributed by atoms with Crippen molar-refractivity contribution in [3.63, 3.8) is 0 Å². The molecule has 1 amide bonds. The summed E-state index contributed by atoms with van der Waals surface area (Å²) in [6.45, 7) is 0. The van der Waals surface area contributed by atoms with Crippen LogP contribution in [-0.2, 0) is 4.79 Å². The van der Waals surface area contributed by atoms with E-state index in [4.69, 9.17) is 23.2 Å². The Bertz CT molecular complexity index is 831. The number of hydrogen-bond acceptors (Lipinski definition) is 3. The van der Waals surface area contributed by atoms with Gasteiger partial charge in [-0.25, -0.2) is 9.18 Å². The first-order valence-corrected chi connectivity index (χ1v) is 9.06. The smallest absolute Gasteiger partial charge is 0.327 e. The number of carbonyl (C=O) groups is 2. The summed E-state index contributed by atoms with van der Waals surface area (Å²) >= 11 is 13.3. The lowest BCUT2D eigenvalue weighted by atomic mass is 10.1. The molecule has 0 aromatic heterocycles. The van der Waals surface area contributed by atoms with Crippen molar-refractivity contribution in [2.75, 3.05) is 5.75 Å². The molecule has 4 nitrogen and oxygen atoms in total. The molecule has 8 heteroatoms. The molecule has 1 N–H and O–H groups in total. The average molecular weight is 400 g/mol. The van der Waals surface area contributed by atoms with Crippen LogP contribution >= 0.6 is 35.0 Å². The van der Waals surface area contributed by atoms with Crippen LogP contribution in [0.25, 0.3) is 0 Å². The standard InChI is InChI=1S/C17H12Cl2FNO3S/c18-12-6-3-10(7-13(12)19)16-21(14(8-25-16)17(23)24)15(22)9-1-4-11(20)5-2-9/h1-7,14,16H,8H2,(H,23,24). The molecule has 2 aromatic rings. The van der Waals surface area contributed by atoms with E-state index in [1.165, 1.54) is 40.9 Å². The number of carboxylic acids is 1. The molecule has 2 aromatic carbocycles. The fraction of sp³-hybridized carbons (Fsp3) is 0.176. The molecule has 25 heavy (non-hydrogen) atoms. The van der Waals surface area contributed by atoms with Gasteiger partial charge in [0.2, 0.25) is 0 Å². The second-order valence-corrected chi connectivity index (χ2v) is 7.36. The number of rotatable bonds is 3. The minimum absolute atomic E-state index is 0.222. The molecule has 0 aliphatic carbocycles. The van der Waals surface area contributed by atoms with Gasteiger partial charge in [0.15, 0.2) is 0 Å². The summed E-state index contributed by atoms with van der Waals surface area (Å²) in [5, 5.41) is 9.65. The number of carboxylic acid groups (broad SMARTS) is 1. The molecule has 0 saturated carbocycles. The van der Waals surface area contributed by atoms with Crippen molar-refractivity contribution in [3.8, 4) is 0 Å². The maximum atomic E-state index is 13.1. The van der Waals surface area contributed by atoms with Crippen molar-refractivity contribution in [3.05, 3.63) is 69.5 Å². The molecule has 3 rings (SSSR count). The van der Waals surface area contributed by atoms with E-state index in [1.807, 2.05) is 0 Å². The van der Waals surface area contributed by atoms with Gasteiger partial charge in [-0.15, -0.1) is 11.8 Å². The van der Waals surface area contributed by atoms with Crippen molar-refractivity contribution in [1.82, 2.24) is 4.90 Å². The van der Waals surface area contributed by atoms with Crippen LogP contribution in [0.1, 0.15) is 21.3 Å². The van der Waals surface area contributed by atoms with Gasteiger partial charge in [-0.2, -0.15) is 0 Å². The Kier molecular flexibility index (Phi) is 5.22. The highest BCUT2D eigenvalue weighted by Gasteiger charge is 2.42. The third-order valence-electron chi connectivity index (χ3n) is 3.84. The fourth-order valence-corrected chi connectivity index (χ4v) is 4.33. The van der Waals surface area contributed by atoms with Crippen LogP contribution in [0, 0.1) is 5.82 Å². The second kappa shape index (κ2) is 7.23. The van der Waals surface area contributed by atoms with Crippen LogP contribution < -0.4 is 0 Å².